The zero-order valence-electron chi connectivity index (χ0n) is 11.8. The van der Waals surface area contributed by atoms with Gasteiger partial charge in [-0.1, -0.05) is 43.7 Å². The zero-order chi connectivity index (χ0) is 14.2. The van der Waals surface area contributed by atoms with Crippen LogP contribution in [0.4, 0.5) is 0 Å². The van der Waals surface area contributed by atoms with E-state index in [1.807, 2.05) is 42.5 Å². The summed E-state index contributed by atoms with van der Waals surface area (Å²) < 4.78 is 0. The molecule has 3 heteroatoms. The molecule has 0 saturated heterocycles. The molecule has 20 heavy (non-hydrogen) atoms. The lowest BCUT2D eigenvalue weighted by Crippen LogP contribution is -2.22. The highest BCUT2D eigenvalue weighted by atomic mass is 16.1. The van der Waals surface area contributed by atoms with Gasteiger partial charge in [0.2, 0.25) is 5.91 Å². The number of hydrogen-bond acceptors (Lipinski definition) is 2. The van der Waals surface area contributed by atoms with Crippen LogP contribution >= 0.6 is 0 Å². The van der Waals surface area contributed by atoms with Crippen LogP contribution in [0.15, 0.2) is 48.7 Å². The number of benzene rings is 1. The number of unbranched alkanes of at least 4 members (excludes halogenated alkanes) is 1. The van der Waals surface area contributed by atoms with Gasteiger partial charge in [-0.25, -0.2) is 0 Å². The van der Waals surface area contributed by atoms with Crippen LogP contribution in [0.3, 0.4) is 0 Å². The number of carbonyl (C=O) groups excluding carboxylic acids is 1. The third-order valence-corrected chi connectivity index (χ3v) is 3.16. The molecule has 0 radical (unpaired) electrons. The molecule has 1 amide bonds. The minimum absolute atomic E-state index is 0.126. The largest absolute Gasteiger partial charge is 0.352 e. The Labute approximate surface area is 120 Å². The molecule has 0 saturated carbocycles. The highest BCUT2D eigenvalue weighted by Gasteiger charge is 2.01. The maximum absolute atomic E-state index is 11.5. The first-order valence-electron chi connectivity index (χ1n) is 7.06. The lowest BCUT2D eigenvalue weighted by Gasteiger charge is -2.06. The second kappa shape index (κ2) is 7.43. The summed E-state index contributed by atoms with van der Waals surface area (Å²) in [6, 6.07) is 14.0. The fourth-order valence-electron chi connectivity index (χ4n) is 1.95. The van der Waals surface area contributed by atoms with E-state index in [4.69, 9.17) is 0 Å². The van der Waals surface area contributed by atoms with Crippen LogP contribution in [0.25, 0.3) is 11.3 Å². The normalized spacial score (nSPS) is 10.2. The molecular weight excluding hydrogens is 248 g/mol. The molecule has 1 heterocycles. The first-order chi connectivity index (χ1) is 9.79. The molecular formula is C17H20N2O. The topological polar surface area (TPSA) is 42.0 Å². The Kier molecular flexibility index (Phi) is 5.30. The van der Waals surface area contributed by atoms with Crippen molar-refractivity contribution in [2.75, 3.05) is 0 Å². The standard InChI is InChI=1S/C17H20N2O/c1-2-3-7-17(20)19-13-14-8-10-15(11-9-14)16-6-4-5-12-18-16/h4-6,8-12H,2-3,7,13H2,1H3,(H,19,20). The Balaban J connectivity index is 1.90. The summed E-state index contributed by atoms with van der Waals surface area (Å²) in [5, 5.41) is 2.94. The van der Waals surface area contributed by atoms with Crippen molar-refractivity contribution in [1.29, 1.82) is 0 Å². The number of carbonyl (C=O) groups is 1. The summed E-state index contributed by atoms with van der Waals surface area (Å²) >= 11 is 0. The van der Waals surface area contributed by atoms with Crippen molar-refractivity contribution in [1.82, 2.24) is 10.3 Å². The van der Waals surface area contributed by atoms with Gasteiger partial charge in [0, 0.05) is 24.7 Å². The van der Waals surface area contributed by atoms with Gasteiger partial charge >= 0.3 is 0 Å². The van der Waals surface area contributed by atoms with Gasteiger partial charge in [-0.3, -0.25) is 9.78 Å². The summed E-state index contributed by atoms with van der Waals surface area (Å²) in [4.78, 5) is 15.9. The molecule has 0 atom stereocenters. The van der Waals surface area contributed by atoms with Crippen molar-refractivity contribution in [3.05, 3.63) is 54.2 Å². The van der Waals surface area contributed by atoms with Crippen molar-refractivity contribution in [3.8, 4) is 11.3 Å². The van der Waals surface area contributed by atoms with E-state index in [9.17, 15) is 4.79 Å². The van der Waals surface area contributed by atoms with E-state index in [0.717, 1.165) is 29.7 Å². The van der Waals surface area contributed by atoms with Crippen LogP contribution in [0.1, 0.15) is 31.7 Å². The monoisotopic (exact) mass is 268 g/mol. The van der Waals surface area contributed by atoms with Crippen LogP contribution in [-0.4, -0.2) is 10.9 Å². The zero-order valence-corrected chi connectivity index (χ0v) is 11.8. The average Bonchev–Trinajstić information content (AvgIpc) is 2.52. The number of pyridine rings is 1. The third-order valence-electron chi connectivity index (χ3n) is 3.16. The molecule has 0 unspecified atom stereocenters. The van der Waals surface area contributed by atoms with Gasteiger partial charge in [0.15, 0.2) is 0 Å². The minimum atomic E-state index is 0.126. The summed E-state index contributed by atoms with van der Waals surface area (Å²) in [7, 11) is 0. The Morgan fingerprint density at radius 2 is 1.95 bits per heavy atom. The van der Waals surface area contributed by atoms with E-state index in [1.165, 1.54) is 0 Å². The predicted octanol–water partition coefficient (Wildman–Crippen LogP) is 3.56. The molecule has 0 bridgehead atoms. The summed E-state index contributed by atoms with van der Waals surface area (Å²) in [6.45, 7) is 2.68. The van der Waals surface area contributed by atoms with Crippen molar-refractivity contribution in [3.63, 3.8) is 0 Å². The molecule has 2 rings (SSSR count). The number of rotatable bonds is 6. The van der Waals surface area contributed by atoms with Crippen molar-refractivity contribution < 1.29 is 4.79 Å². The van der Waals surface area contributed by atoms with Crippen LogP contribution in [0.5, 0.6) is 0 Å². The number of nitrogens with one attached hydrogen (secondary N) is 1. The van der Waals surface area contributed by atoms with Crippen molar-refractivity contribution >= 4 is 5.91 Å². The SMILES string of the molecule is CCCCC(=O)NCc1ccc(-c2ccccn2)cc1. The van der Waals surface area contributed by atoms with Gasteiger partial charge < -0.3 is 5.32 Å². The molecule has 1 aromatic carbocycles. The van der Waals surface area contributed by atoms with Gasteiger partial charge in [-0.2, -0.15) is 0 Å². The van der Waals surface area contributed by atoms with E-state index in [2.05, 4.69) is 17.2 Å². The first-order valence-corrected chi connectivity index (χ1v) is 7.06. The smallest absolute Gasteiger partial charge is 0.220 e. The molecule has 0 fully saturated rings. The summed E-state index contributed by atoms with van der Waals surface area (Å²) in [6.07, 6.45) is 4.40. The summed E-state index contributed by atoms with van der Waals surface area (Å²) in [5.41, 5.74) is 3.16. The van der Waals surface area contributed by atoms with Crippen LogP contribution in [0.2, 0.25) is 0 Å². The highest BCUT2D eigenvalue weighted by Crippen LogP contribution is 2.16. The fourth-order valence-corrected chi connectivity index (χ4v) is 1.95. The molecule has 104 valence electrons. The Hall–Kier alpha value is -2.16. The van der Waals surface area contributed by atoms with Gasteiger partial charge in [0.05, 0.1) is 5.69 Å². The van der Waals surface area contributed by atoms with E-state index >= 15 is 0 Å². The van der Waals surface area contributed by atoms with Gasteiger partial charge in [-0.15, -0.1) is 0 Å². The van der Waals surface area contributed by atoms with Crippen molar-refractivity contribution in [2.45, 2.75) is 32.7 Å². The van der Waals surface area contributed by atoms with Crippen LogP contribution in [0, 0.1) is 0 Å². The lowest BCUT2D eigenvalue weighted by atomic mass is 10.1. The molecule has 0 spiro atoms. The van der Waals surface area contributed by atoms with E-state index < -0.39 is 0 Å². The quantitative estimate of drug-likeness (QED) is 0.870. The number of aromatic nitrogens is 1. The van der Waals surface area contributed by atoms with Crippen LogP contribution < -0.4 is 5.32 Å². The first kappa shape index (κ1) is 14.3. The van der Waals surface area contributed by atoms with Crippen molar-refractivity contribution in [2.24, 2.45) is 0 Å². The molecule has 0 aliphatic heterocycles. The number of hydrogen-bond donors (Lipinski definition) is 1. The highest BCUT2D eigenvalue weighted by molar-refractivity contribution is 5.75. The second-order valence-corrected chi connectivity index (χ2v) is 4.79. The second-order valence-electron chi connectivity index (χ2n) is 4.79. The predicted molar refractivity (Wildman–Crippen MR) is 81.0 cm³/mol. The molecule has 0 aliphatic rings. The Bertz CT molecular complexity index is 535. The average molecular weight is 268 g/mol. The Morgan fingerprint density at radius 1 is 1.15 bits per heavy atom. The van der Waals surface area contributed by atoms with Gasteiger partial charge in [0.1, 0.15) is 0 Å². The van der Waals surface area contributed by atoms with E-state index in [0.29, 0.717) is 13.0 Å². The number of amides is 1. The number of nitrogens with zero attached hydrogens (tertiary/aromatic N) is 1. The molecule has 3 nitrogen and oxygen atoms in total. The van der Waals surface area contributed by atoms with Crippen LogP contribution in [-0.2, 0) is 11.3 Å². The molecule has 1 aromatic heterocycles. The molecule has 2 aromatic rings. The van der Waals surface area contributed by atoms with Gasteiger partial charge in [-0.05, 0) is 24.1 Å². The third kappa shape index (κ3) is 4.19. The van der Waals surface area contributed by atoms with E-state index in [-0.39, 0.29) is 5.91 Å². The summed E-state index contributed by atoms with van der Waals surface area (Å²) in [5.74, 6) is 0.126. The lowest BCUT2D eigenvalue weighted by molar-refractivity contribution is -0.121. The maximum Gasteiger partial charge on any atom is 0.220 e. The van der Waals surface area contributed by atoms with Gasteiger partial charge in [0.25, 0.3) is 0 Å². The van der Waals surface area contributed by atoms with E-state index in [1.54, 1.807) is 6.20 Å². The molecule has 0 aliphatic carbocycles. The maximum atomic E-state index is 11.5. The molecule has 1 N–H and O–H groups in total. The fraction of sp³-hybridized carbons (Fsp3) is 0.294. The Morgan fingerprint density at radius 3 is 2.60 bits per heavy atom. The minimum Gasteiger partial charge on any atom is -0.352 e.